The summed E-state index contributed by atoms with van der Waals surface area (Å²) in [4.78, 5) is 11.3. The van der Waals surface area contributed by atoms with Crippen molar-refractivity contribution in [2.45, 2.75) is 26.2 Å². The molecule has 0 spiro atoms. The van der Waals surface area contributed by atoms with Gasteiger partial charge in [0, 0.05) is 9.35 Å². The SMILES string of the molecule is CC1CCc2c(sc3ncnc(Oc4cccc(Br)c4)c23)C1. The fraction of sp³-hybridized carbons (Fsp3) is 0.294. The van der Waals surface area contributed by atoms with Gasteiger partial charge in [-0.15, -0.1) is 11.3 Å². The Morgan fingerprint density at radius 1 is 1.32 bits per heavy atom. The number of thiophene rings is 1. The van der Waals surface area contributed by atoms with Crippen molar-refractivity contribution in [3.05, 3.63) is 45.5 Å². The topological polar surface area (TPSA) is 35.0 Å². The van der Waals surface area contributed by atoms with E-state index in [1.807, 2.05) is 24.3 Å². The third-order valence-electron chi connectivity index (χ3n) is 4.07. The Bertz CT molecular complexity index is 846. The number of benzene rings is 1. The van der Waals surface area contributed by atoms with E-state index in [9.17, 15) is 0 Å². The van der Waals surface area contributed by atoms with Crippen LogP contribution >= 0.6 is 27.3 Å². The fourth-order valence-corrected chi connectivity index (χ4v) is 4.68. The molecular formula is C17H15BrN2OS. The molecule has 0 radical (unpaired) electrons. The number of aromatic nitrogens is 2. The lowest BCUT2D eigenvalue weighted by Gasteiger charge is -2.18. The van der Waals surface area contributed by atoms with Gasteiger partial charge in [0.1, 0.15) is 16.9 Å². The first-order chi connectivity index (χ1) is 10.7. The van der Waals surface area contributed by atoms with Gasteiger partial charge in [-0.25, -0.2) is 9.97 Å². The molecule has 0 aliphatic heterocycles. The van der Waals surface area contributed by atoms with Crippen LogP contribution in [0.15, 0.2) is 35.1 Å². The van der Waals surface area contributed by atoms with Crippen molar-refractivity contribution in [3.8, 4) is 11.6 Å². The van der Waals surface area contributed by atoms with E-state index in [2.05, 4.69) is 32.8 Å². The van der Waals surface area contributed by atoms with E-state index in [1.54, 1.807) is 17.7 Å². The van der Waals surface area contributed by atoms with Gasteiger partial charge in [-0.3, -0.25) is 0 Å². The molecule has 3 nitrogen and oxygen atoms in total. The zero-order valence-electron chi connectivity index (χ0n) is 12.2. The number of fused-ring (bicyclic) bond motifs is 3. The van der Waals surface area contributed by atoms with Gasteiger partial charge in [0.15, 0.2) is 0 Å². The molecule has 4 rings (SSSR count). The minimum Gasteiger partial charge on any atom is -0.438 e. The number of hydrogen-bond donors (Lipinski definition) is 0. The Labute approximate surface area is 141 Å². The zero-order chi connectivity index (χ0) is 15.1. The maximum absolute atomic E-state index is 6.05. The molecule has 0 amide bonds. The predicted octanol–water partition coefficient (Wildman–Crippen LogP) is 5.37. The summed E-state index contributed by atoms with van der Waals surface area (Å²) in [5, 5.41) is 1.11. The van der Waals surface area contributed by atoms with Crippen LogP contribution in [0.5, 0.6) is 11.6 Å². The molecule has 1 unspecified atom stereocenters. The van der Waals surface area contributed by atoms with Crippen LogP contribution in [0.4, 0.5) is 0 Å². The monoisotopic (exact) mass is 374 g/mol. The van der Waals surface area contributed by atoms with Crippen molar-refractivity contribution in [2.75, 3.05) is 0 Å². The third-order valence-corrected chi connectivity index (χ3v) is 5.72. The maximum atomic E-state index is 6.05. The van der Waals surface area contributed by atoms with Crippen LogP contribution in [0.25, 0.3) is 10.2 Å². The first kappa shape index (κ1) is 14.2. The van der Waals surface area contributed by atoms with E-state index in [1.165, 1.54) is 16.9 Å². The Hall–Kier alpha value is -1.46. The quantitative estimate of drug-likeness (QED) is 0.604. The largest absolute Gasteiger partial charge is 0.438 e. The maximum Gasteiger partial charge on any atom is 0.231 e. The average molecular weight is 375 g/mol. The Balaban J connectivity index is 1.81. The van der Waals surface area contributed by atoms with Gasteiger partial charge < -0.3 is 4.74 Å². The molecule has 1 aliphatic carbocycles. The molecule has 2 heterocycles. The lowest BCUT2D eigenvalue weighted by molar-refractivity contribution is 0.466. The highest BCUT2D eigenvalue weighted by molar-refractivity contribution is 9.10. The average Bonchev–Trinajstić information content (AvgIpc) is 2.85. The van der Waals surface area contributed by atoms with Crippen LogP contribution in [0.1, 0.15) is 23.8 Å². The van der Waals surface area contributed by atoms with E-state index in [0.29, 0.717) is 5.88 Å². The molecule has 0 bridgehead atoms. The van der Waals surface area contributed by atoms with Gasteiger partial charge in [0.2, 0.25) is 5.88 Å². The summed E-state index contributed by atoms with van der Waals surface area (Å²) in [6, 6.07) is 7.84. The van der Waals surface area contributed by atoms with Gasteiger partial charge in [-0.05, 0) is 48.9 Å². The van der Waals surface area contributed by atoms with Gasteiger partial charge in [0.05, 0.1) is 5.39 Å². The van der Waals surface area contributed by atoms with Crippen LogP contribution < -0.4 is 4.74 Å². The lowest BCUT2D eigenvalue weighted by atomic mass is 9.89. The molecule has 0 N–H and O–H groups in total. The molecule has 0 saturated heterocycles. The number of ether oxygens (including phenoxy) is 1. The molecule has 0 fully saturated rings. The van der Waals surface area contributed by atoms with Crippen LogP contribution in [0.2, 0.25) is 0 Å². The van der Waals surface area contributed by atoms with Gasteiger partial charge >= 0.3 is 0 Å². The molecule has 1 aromatic carbocycles. The fourth-order valence-electron chi connectivity index (χ4n) is 2.97. The first-order valence-electron chi connectivity index (χ1n) is 7.39. The van der Waals surface area contributed by atoms with Crippen LogP contribution in [-0.2, 0) is 12.8 Å². The highest BCUT2D eigenvalue weighted by Crippen LogP contribution is 2.41. The van der Waals surface area contributed by atoms with E-state index >= 15 is 0 Å². The molecule has 2 aromatic heterocycles. The molecule has 5 heteroatoms. The zero-order valence-corrected chi connectivity index (χ0v) is 14.6. The van der Waals surface area contributed by atoms with E-state index in [4.69, 9.17) is 4.74 Å². The van der Waals surface area contributed by atoms with Crippen molar-refractivity contribution in [3.63, 3.8) is 0 Å². The standard InChI is InChI=1S/C17H15BrN2OS/c1-10-5-6-13-14(7-10)22-17-15(13)16(19-9-20-17)21-12-4-2-3-11(18)8-12/h2-4,8-10H,5-7H2,1H3. The second kappa shape index (κ2) is 5.63. The molecular weight excluding hydrogens is 360 g/mol. The number of rotatable bonds is 2. The normalized spacial score (nSPS) is 17.5. The molecule has 22 heavy (non-hydrogen) atoms. The second-order valence-corrected chi connectivity index (χ2v) is 7.77. The first-order valence-corrected chi connectivity index (χ1v) is 9.00. The van der Waals surface area contributed by atoms with Crippen LogP contribution in [0.3, 0.4) is 0 Å². The summed E-state index contributed by atoms with van der Waals surface area (Å²) < 4.78 is 7.05. The Morgan fingerprint density at radius 2 is 2.23 bits per heavy atom. The molecule has 112 valence electrons. The van der Waals surface area contributed by atoms with Gasteiger partial charge in [-0.2, -0.15) is 0 Å². The van der Waals surface area contributed by atoms with Crippen molar-refractivity contribution >= 4 is 37.5 Å². The molecule has 0 saturated carbocycles. The molecule has 1 atom stereocenters. The van der Waals surface area contributed by atoms with E-state index in [0.717, 1.165) is 39.2 Å². The van der Waals surface area contributed by atoms with Gasteiger partial charge in [-0.1, -0.05) is 28.9 Å². The lowest BCUT2D eigenvalue weighted by Crippen LogP contribution is -2.08. The highest BCUT2D eigenvalue weighted by atomic mass is 79.9. The van der Waals surface area contributed by atoms with Gasteiger partial charge in [0.25, 0.3) is 0 Å². The summed E-state index contributed by atoms with van der Waals surface area (Å²) in [6.45, 7) is 2.32. The molecule has 3 aromatic rings. The molecule has 1 aliphatic rings. The number of hydrogen-bond acceptors (Lipinski definition) is 4. The van der Waals surface area contributed by atoms with Crippen molar-refractivity contribution < 1.29 is 4.74 Å². The second-order valence-electron chi connectivity index (χ2n) is 5.77. The van der Waals surface area contributed by atoms with Crippen molar-refractivity contribution in [1.82, 2.24) is 9.97 Å². The van der Waals surface area contributed by atoms with E-state index < -0.39 is 0 Å². The summed E-state index contributed by atoms with van der Waals surface area (Å²) >= 11 is 5.26. The smallest absolute Gasteiger partial charge is 0.231 e. The van der Waals surface area contributed by atoms with Crippen LogP contribution in [-0.4, -0.2) is 9.97 Å². The van der Waals surface area contributed by atoms with Crippen molar-refractivity contribution in [1.29, 1.82) is 0 Å². The van der Waals surface area contributed by atoms with Crippen molar-refractivity contribution in [2.24, 2.45) is 5.92 Å². The minimum atomic E-state index is 0.676. The summed E-state index contributed by atoms with van der Waals surface area (Å²) in [5.74, 6) is 2.22. The number of halogens is 1. The number of nitrogens with zero attached hydrogens (tertiary/aromatic N) is 2. The Morgan fingerprint density at radius 3 is 3.09 bits per heavy atom. The third kappa shape index (κ3) is 2.52. The minimum absolute atomic E-state index is 0.676. The summed E-state index contributed by atoms with van der Waals surface area (Å²) in [5.41, 5.74) is 1.39. The Kier molecular flexibility index (Phi) is 3.62. The van der Waals surface area contributed by atoms with E-state index in [-0.39, 0.29) is 0 Å². The number of aryl methyl sites for hydroxylation is 1. The van der Waals surface area contributed by atoms with Crippen LogP contribution in [0, 0.1) is 5.92 Å². The highest BCUT2D eigenvalue weighted by Gasteiger charge is 2.23. The predicted molar refractivity (Wildman–Crippen MR) is 92.8 cm³/mol. The summed E-state index contributed by atoms with van der Waals surface area (Å²) in [6.07, 6.45) is 5.07. The summed E-state index contributed by atoms with van der Waals surface area (Å²) in [7, 11) is 0.